The van der Waals surface area contributed by atoms with Crippen LogP contribution in [0.15, 0.2) is 0 Å². The molecule has 0 radical (unpaired) electrons. The second-order valence-corrected chi connectivity index (χ2v) is 11.4. The molecule has 0 bridgehead atoms. The smallest absolute Gasteiger partial charge is 0.311 e. The molecule has 0 aliphatic carbocycles. The Bertz CT molecular complexity index is 753. The highest BCUT2D eigenvalue weighted by molar-refractivity contribution is 5.77. The summed E-state index contributed by atoms with van der Waals surface area (Å²) in [7, 11) is 1.33. The molecule has 1 aliphatic rings. The van der Waals surface area contributed by atoms with E-state index < -0.39 is 70.8 Å². The first-order valence-corrected chi connectivity index (χ1v) is 11.2. The Morgan fingerprint density at radius 2 is 1.12 bits per heavy atom. The number of hydrogen-bond acceptors (Lipinski definition) is 10. The molecule has 0 unspecified atom stereocenters. The summed E-state index contributed by atoms with van der Waals surface area (Å²) >= 11 is 0. The summed E-state index contributed by atoms with van der Waals surface area (Å²) < 4.78 is 33.5. The third-order valence-corrected chi connectivity index (χ3v) is 4.83. The highest BCUT2D eigenvalue weighted by Crippen LogP contribution is 2.33. The Labute approximate surface area is 201 Å². The highest BCUT2D eigenvalue weighted by Gasteiger charge is 2.54. The van der Waals surface area contributed by atoms with Crippen molar-refractivity contribution in [2.75, 3.05) is 13.7 Å². The SMILES string of the molecule is CO[C@H]1O[C@H](COC(=O)C(C)(C)C)[C@H](OC(C)=O)[C@H](OC(=O)C(C)(C)C)[C@H]1OC(=O)C(C)(C)C. The molecule has 196 valence electrons. The minimum atomic E-state index is -1.28. The van der Waals surface area contributed by atoms with E-state index in [9.17, 15) is 19.2 Å². The van der Waals surface area contributed by atoms with Crippen LogP contribution >= 0.6 is 0 Å². The fraction of sp³-hybridized carbons (Fsp3) is 0.833. The molecule has 0 N–H and O–H groups in total. The molecule has 1 rings (SSSR count). The van der Waals surface area contributed by atoms with Crippen LogP contribution in [0.25, 0.3) is 0 Å². The van der Waals surface area contributed by atoms with Gasteiger partial charge < -0.3 is 28.4 Å². The molecular weight excluding hydrogens is 448 g/mol. The first-order valence-electron chi connectivity index (χ1n) is 11.2. The maximum absolute atomic E-state index is 12.8. The molecule has 5 atom stereocenters. The molecule has 0 aromatic carbocycles. The molecule has 1 fully saturated rings. The average molecular weight is 489 g/mol. The lowest BCUT2D eigenvalue weighted by Gasteiger charge is -2.45. The number of carbonyl (C=O) groups excluding carboxylic acids is 4. The van der Waals surface area contributed by atoms with Crippen LogP contribution in [-0.4, -0.2) is 68.3 Å². The Hall–Kier alpha value is -2.20. The van der Waals surface area contributed by atoms with Crippen molar-refractivity contribution >= 4 is 23.9 Å². The quantitative estimate of drug-likeness (QED) is 0.407. The van der Waals surface area contributed by atoms with Gasteiger partial charge in [-0.3, -0.25) is 19.2 Å². The average Bonchev–Trinajstić information content (AvgIpc) is 2.66. The molecule has 0 spiro atoms. The normalized spacial score (nSPS) is 25.8. The van der Waals surface area contributed by atoms with Crippen LogP contribution in [0, 0.1) is 16.2 Å². The topological polar surface area (TPSA) is 124 Å². The number of ether oxygens (including phenoxy) is 6. The van der Waals surface area contributed by atoms with Crippen molar-refractivity contribution in [2.45, 2.75) is 99.9 Å². The van der Waals surface area contributed by atoms with Gasteiger partial charge in [-0.25, -0.2) is 0 Å². The Morgan fingerprint density at radius 1 is 0.676 bits per heavy atom. The van der Waals surface area contributed by atoms with Crippen LogP contribution in [-0.2, 0) is 47.6 Å². The van der Waals surface area contributed by atoms with E-state index in [0.717, 1.165) is 0 Å². The van der Waals surface area contributed by atoms with Gasteiger partial charge in [-0.05, 0) is 62.3 Å². The van der Waals surface area contributed by atoms with Crippen molar-refractivity contribution in [2.24, 2.45) is 16.2 Å². The van der Waals surface area contributed by atoms with Gasteiger partial charge >= 0.3 is 23.9 Å². The molecule has 0 aromatic heterocycles. The van der Waals surface area contributed by atoms with Gasteiger partial charge in [0.15, 0.2) is 24.6 Å². The third-order valence-electron chi connectivity index (χ3n) is 4.83. The Kier molecular flexibility index (Phi) is 9.68. The first-order chi connectivity index (χ1) is 15.3. The van der Waals surface area contributed by atoms with E-state index in [0.29, 0.717) is 0 Å². The van der Waals surface area contributed by atoms with Crippen LogP contribution in [0.2, 0.25) is 0 Å². The molecule has 10 nitrogen and oxygen atoms in total. The predicted octanol–water partition coefficient (Wildman–Crippen LogP) is 2.79. The number of rotatable bonds is 6. The maximum atomic E-state index is 12.8. The second-order valence-electron chi connectivity index (χ2n) is 11.4. The largest absolute Gasteiger partial charge is 0.462 e. The van der Waals surface area contributed by atoms with Crippen molar-refractivity contribution < 1.29 is 47.6 Å². The number of carbonyl (C=O) groups is 4. The zero-order valence-electron chi connectivity index (χ0n) is 22.2. The monoisotopic (exact) mass is 488 g/mol. The molecule has 0 amide bonds. The summed E-state index contributed by atoms with van der Waals surface area (Å²) in [6, 6.07) is 0. The van der Waals surface area contributed by atoms with E-state index in [1.807, 2.05) is 0 Å². The second kappa shape index (κ2) is 11.0. The number of hydrogen-bond donors (Lipinski definition) is 0. The minimum absolute atomic E-state index is 0.308. The van der Waals surface area contributed by atoms with Crippen LogP contribution in [0.3, 0.4) is 0 Å². The van der Waals surface area contributed by atoms with Gasteiger partial charge in [0.1, 0.15) is 12.7 Å². The van der Waals surface area contributed by atoms with Crippen molar-refractivity contribution in [3.63, 3.8) is 0 Å². The standard InChI is InChI=1S/C24H40O10/c1-13(25)31-15-14(12-30-19(26)22(2,3)4)32-18(29-11)17(34-21(28)24(8,9)10)16(15)33-20(27)23(5,6)7/h14-18H,12H2,1-11H3/t14-,15+,16+,17-,18+/m1/s1. The van der Waals surface area contributed by atoms with E-state index in [1.165, 1.54) is 14.0 Å². The van der Waals surface area contributed by atoms with Crippen LogP contribution in [0.4, 0.5) is 0 Å². The molecule has 0 aromatic rings. The van der Waals surface area contributed by atoms with Crippen LogP contribution in [0.1, 0.15) is 69.2 Å². The van der Waals surface area contributed by atoms with Crippen molar-refractivity contribution in [1.82, 2.24) is 0 Å². The van der Waals surface area contributed by atoms with Crippen molar-refractivity contribution in [3.05, 3.63) is 0 Å². The Balaban J connectivity index is 3.43. The molecule has 1 saturated heterocycles. The van der Waals surface area contributed by atoms with E-state index >= 15 is 0 Å². The molecule has 1 heterocycles. The van der Waals surface area contributed by atoms with Crippen molar-refractivity contribution in [1.29, 1.82) is 0 Å². The van der Waals surface area contributed by atoms with E-state index in [-0.39, 0.29) is 6.61 Å². The summed E-state index contributed by atoms with van der Waals surface area (Å²) in [5, 5.41) is 0. The fourth-order valence-corrected chi connectivity index (χ4v) is 2.77. The minimum Gasteiger partial charge on any atom is -0.462 e. The summed E-state index contributed by atoms with van der Waals surface area (Å²) in [6.45, 7) is 15.9. The summed E-state index contributed by atoms with van der Waals surface area (Å²) in [5.41, 5.74) is -2.57. The molecule has 34 heavy (non-hydrogen) atoms. The maximum Gasteiger partial charge on any atom is 0.311 e. The van der Waals surface area contributed by atoms with Crippen LogP contribution in [0.5, 0.6) is 0 Å². The lowest BCUT2D eigenvalue weighted by Crippen LogP contribution is -2.63. The predicted molar refractivity (Wildman–Crippen MR) is 120 cm³/mol. The lowest BCUT2D eigenvalue weighted by molar-refractivity contribution is -0.305. The van der Waals surface area contributed by atoms with Gasteiger partial charge in [-0.1, -0.05) is 0 Å². The molecule has 10 heteroatoms. The summed E-state index contributed by atoms with van der Waals surface area (Å²) in [4.78, 5) is 49.8. The van der Waals surface area contributed by atoms with Gasteiger partial charge in [0.05, 0.1) is 16.2 Å². The van der Waals surface area contributed by atoms with Gasteiger partial charge in [-0.15, -0.1) is 0 Å². The number of methoxy groups -OCH3 is 1. The lowest BCUT2D eigenvalue weighted by atomic mass is 9.94. The van der Waals surface area contributed by atoms with Crippen LogP contribution < -0.4 is 0 Å². The zero-order chi connectivity index (χ0) is 26.6. The van der Waals surface area contributed by atoms with E-state index in [1.54, 1.807) is 62.3 Å². The summed E-state index contributed by atoms with van der Waals surface area (Å²) in [5.74, 6) is -2.40. The Morgan fingerprint density at radius 3 is 1.50 bits per heavy atom. The summed E-state index contributed by atoms with van der Waals surface area (Å²) in [6.07, 6.45) is -6.00. The van der Waals surface area contributed by atoms with Gasteiger partial charge in [0.2, 0.25) is 0 Å². The third kappa shape index (κ3) is 8.23. The van der Waals surface area contributed by atoms with Crippen molar-refractivity contribution in [3.8, 4) is 0 Å². The molecule has 0 saturated carbocycles. The van der Waals surface area contributed by atoms with Gasteiger partial charge in [-0.2, -0.15) is 0 Å². The van der Waals surface area contributed by atoms with E-state index in [4.69, 9.17) is 28.4 Å². The van der Waals surface area contributed by atoms with Gasteiger partial charge in [0, 0.05) is 14.0 Å². The zero-order valence-corrected chi connectivity index (χ0v) is 22.2. The first kappa shape index (κ1) is 29.8. The van der Waals surface area contributed by atoms with E-state index in [2.05, 4.69) is 0 Å². The molecule has 1 aliphatic heterocycles. The number of esters is 4. The highest BCUT2D eigenvalue weighted by atomic mass is 16.7. The molecular formula is C24H40O10. The van der Waals surface area contributed by atoms with Gasteiger partial charge in [0.25, 0.3) is 0 Å². The fourth-order valence-electron chi connectivity index (χ4n) is 2.77.